The van der Waals surface area contributed by atoms with E-state index in [1.54, 1.807) is 6.92 Å². The number of benzene rings is 2. The van der Waals surface area contributed by atoms with Crippen molar-refractivity contribution in [2.75, 3.05) is 13.7 Å². The van der Waals surface area contributed by atoms with Crippen molar-refractivity contribution in [3.63, 3.8) is 0 Å². The number of hydrogen-bond acceptors (Lipinski definition) is 5. The maximum absolute atomic E-state index is 13.5. The number of esters is 2. The average molecular weight is 373 g/mol. The molecule has 7 heteroatoms. The second-order valence-electron chi connectivity index (χ2n) is 5.87. The third kappa shape index (κ3) is 5.91. The highest BCUT2D eigenvalue weighted by molar-refractivity contribution is 5.92. The number of amides is 1. The molecule has 0 bridgehead atoms. The van der Waals surface area contributed by atoms with Crippen LogP contribution in [0.25, 0.3) is 0 Å². The van der Waals surface area contributed by atoms with E-state index in [1.807, 2.05) is 30.3 Å². The highest BCUT2D eigenvalue weighted by atomic mass is 19.1. The summed E-state index contributed by atoms with van der Waals surface area (Å²) in [6.45, 7) is 0.966. The number of rotatable bonds is 7. The largest absolute Gasteiger partial charge is 0.467 e. The van der Waals surface area contributed by atoms with Crippen LogP contribution in [0, 0.1) is 12.7 Å². The van der Waals surface area contributed by atoms with Gasteiger partial charge in [-0.1, -0.05) is 36.4 Å². The van der Waals surface area contributed by atoms with Crippen molar-refractivity contribution < 1.29 is 28.2 Å². The van der Waals surface area contributed by atoms with Crippen molar-refractivity contribution in [2.24, 2.45) is 0 Å². The van der Waals surface area contributed by atoms with E-state index in [0.717, 1.165) is 11.6 Å². The molecule has 0 fully saturated rings. The van der Waals surface area contributed by atoms with E-state index in [9.17, 15) is 18.8 Å². The summed E-state index contributed by atoms with van der Waals surface area (Å²) in [5.74, 6) is -2.65. The lowest BCUT2D eigenvalue weighted by Gasteiger charge is -2.16. The predicted octanol–water partition coefficient (Wildman–Crippen LogP) is 2.19. The second kappa shape index (κ2) is 9.47. The van der Waals surface area contributed by atoms with Crippen LogP contribution in [0.2, 0.25) is 0 Å². The lowest BCUT2D eigenvalue weighted by Crippen LogP contribution is -2.44. The molecule has 1 unspecified atom stereocenters. The first kappa shape index (κ1) is 20.1. The molecule has 1 amide bonds. The monoisotopic (exact) mass is 373 g/mol. The van der Waals surface area contributed by atoms with Crippen molar-refractivity contribution in [1.29, 1.82) is 0 Å². The van der Waals surface area contributed by atoms with Gasteiger partial charge in [-0.25, -0.2) is 14.0 Å². The molecule has 0 saturated heterocycles. The molecular weight excluding hydrogens is 353 g/mol. The normalized spacial score (nSPS) is 11.4. The molecule has 2 aromatic carbocycles. The van der Waals surface area contributed by atoms with Crippen molar-refractivity contribution in [2.45, 2.75) is 19.4 Å². The highest BCUT2D eigenvalue weighted by Crippen LogP contribution is 2.10. The van der Waals surface area contributed by atoms with Crippen LogP contribution in [0.4, 0.5) is 4.39 Å². The van der Waals surface area contributed by atoms with Crippen molar-refractivity contribution >= 4 is 17.8 Å². The van der Waals surface area contributed by atoms with Gasteiger partial charge in [-0.15, -0.1) is 0 Å². The first-order valence-corrected chi connectivity index (χ1v) is 8.25. The maximum atomic E-state index is 13.5. The highest BCUT2D eigenvalue weighted by Gasteiger charge is 2.22. The van der Waals surface area contributed by atoms with Gasteiger partial charge in [0.15, 0.2) is 6.61 Å². The maximum Gasteiger partial charge on any atom is 0.338 e. The van der Waals surface area contributed by atoms with E-state index in [4.69, 9.17) is 9.47 Å². The molecule has 1 atom stereocenters. The summed E-state index contributed by atoms with van der Waals surface area (Å²) in [4.78, 5) is 35.9. The fourth-order valence-corrected chi connectivity index (χ4v) is 2.36. The van der Waals surface area contributed by atoms with Crippen LogP contribution in [-0.2, 0) is 25.5 Å². The lowest BCUT2D eigenvalue weighted by molar-refractivity contribution is -0.145. The van der Waals surface area contributed by atoms with E-state index in [1.165, 1.54) is 19.2 Å². The van der Waals surface area contributed by atoms with Crippen LogP contribution in [0.15, 0.2) is 48.5 Å². The molecule has 2 rings (SSSR count). The standard InChI is InChI=1S/C20H20FNO5/c1-13-8-9-15(11-16(13)21)19(24)27-12-18(23)22-17(20(25)26-2)10-14-6-4-3-5-7-14/h3-9,11,17H,10,12H2,1-2H3,(H,22,23). The summed E-state index contributed by atoms with van der Waals surface area (Å²) in [6, 6.07) is 12.1. The Bertz CT molecular complexity index is 822. The van der Waals surface area contributed by atoms with Gasteiger partial charge in [-0.05, 0) is 30.2 Å². The molecule has 0 heterocycles. The Morgan fingerprint density at radius 1 is 1.11 bits per heavy atom. The SMILES string of the molecule is COC(=O)C(Cc1ccccc1)NC(=O)COC(=O)c1ccc(C)c(F)c1. The summed E-state index contributed by atoms with van der Waals surface area (Å²) in [7, 11) is 1.22. The number of nitrogens with one attached hydrogen (secondary N) is 1. The lowest BCUT2D eigenvalue weighted by atomic mass is 10.1. The van der Waals surface area contributed by atoms with Gasteiger partial charge in [0.2, 0.25) is 0 Å². The summed E-state index contributed by atoms with van der Waals surface area (Å²) in [6.07, 6.45) is 0.233. The van der Waals surface area contributed by atoms with Gasteiger partial charge in [-0.2, -0.15) is 0 Å². The number of carbonyl (C=O) groups excluding carboxylic acids is 3. The minimum absolute atomic E-state index is 0.000275. The minimum atomic E-state index is -0.916. The molecule has 0 saturated carbocycles. The molecule has 2 aromatic rings. The van der Waals surface area contributed by atoms with Crippen LogP contribution in [0.3, 0.4) is 0 Å². The van der Waals surface area contributed by atoms with Gasteiger partial charge < -0.3 is 14.8 Å². The van der Waals surface area contributed by atoms with Gasteiger partial charge in [0, 0.05) is 6.42 Å². The van der Waals surface area contributed by atoms with Crippen LogP contribution < -0.4 is 5.32 Å². The van der Waals surface area contributed by atoms with E-state index >= 15 is 0 Å². The third-order valence-corrected chi connectivity index (χ3v) is 3.85. The van der Waals surface area contributed by atoms with Gasteiger partial charge in [0.1, 0.15) is 11.9 Å². The quantitative estimate of drug-likeness (QED) is 0.753. The minimum Gasteiger partial charge on any atom is -0.467 e. The summed E-state index contributed by atoms with van der Waals surface area (Å²) in [5.41, 5.74) is 1.23. The van der Waals surface area contributed by atoms with Crippen molar-refractivity contribution in [3.05, 3.63) is 71.0 Å². The number of hydrogen-bond donors (Lipinski definition) is 1. The van der Waals surface area contributed by atoms with E-state index in [2.05, 4.69) is 5.32 Å². The van der Waals surface area contributed by atoms with Gasteiger partial charge in [0.05, 0.1) is 12.7 Å². The Morgan fingerprint density at radius 3 is 2.44 bits per heavy atom. The fraction of sp³-hybridized carbons (Fsp3) is 0.250. The molecule has 142 valence electrons. The number of halogens is 1. The second-order valence-corrected chi connectivity index (χ2v) is 5.87. The Morgan fingerprint density at radius 2 is 1.81 bits per heavy atom. The molecule has 0 aliphatic rings. The third-order valence-electron chi connectivity index (χ3n) is 3.85. The van der Waals surface area contributed by atoms with Gasteiger partial charge in [-0.3, -0.25) is 4.79 Å². The molecule has 0 spiro atoms. The van der Waals surface area contributed by atoms with E-state index in [-0.39, 0.29) is 12.0 Å². The Balaban J connectivity index is 1.93. The van der Waals surface area contributed by atoms with Crippen LogP contribution >= 0.6 is 0 Å². The Hall–Kier alpha value is -3.22. The zero-order chi connectivity index (χ0) is 19.8. The van der Waals surface area contributed by atoms with Crippen LogP contribution in [0.5, 0.6) is 0 Å². The fourth-order valence-electron chi connectivity index (χ4n) is 2.36. The van der Waals surface area contributed by atoms with Crippen LogP contribution in [-0.4, -0.2) is 37.6 Å². The molecule has 0 aromatic heterocycles. The summed E-state index contributed by atoms with van der Waals surface area (Å²) < 4.78 is 23.1. The van der Waals surface area contributed by atoms with E-state index in [0.29, 0.717) is 5.56 Å². The molecule has 0 aliphatic carbocycles. The summed E-state index contributed by atoms with van der Waals surface area (Å²) in [5, 5.41) is 2.48. The number of aryl methyl sites for hydroxylation is 1. The number of carbonyl (C=O) groups is 3. The van der Waals surface area contributed by atoms with Crippen LogP contribution in [0.1, 0.15) is 21.5 Å². The first-order chi connectivity index (χ1) is 12.9. The zero-order valence-corrected chi connectivity index (χ0v) is 15.0. The first-order valence-electron chi connectivity index (χ1n) is 8.25. The topological polar surface area (TPSA) is 81.7 Å². The van der Waals surface area contributed by atoms with Crippen molar-refractivity contribution in [3.8, 4) is 0 Å². The predicted molar refractivity (Wildman–Crippen MR) is 95.5 cm³/mol. The summed E-state index contributed by atoms with van der Waals surface area (Å²) >= 11 is 0. The molecule has 1 N–H and O–H groups in total. The van der Waals surface area contributed by atoms with Crippen molar-refractivity contribution in [1.82, 2.24) is 5.32 Å². The smallest absolute Gasteiger partial charge is 0.338 e. The van der Waals surface area contributed by atoms with Gasteiger partial charge in [0.25, 0.3) is 5.91 Å². The molecule has 6 nitrogen and oxygen atoms in total. The zero-order valence-electron chi connectivity index (χ0n) is 15.0. The molecular formula is C20H20FNO5. The molecule has 27 heavy (non-hydrogen) atoms. The van der Waals surface area contributed by atoms with Gasteiger partial charge >= 0.3 is 11.9 Å². The Labute approximate surface area is 156 Å². The number of ether oxygens (including phenoxy) is 2. The Kier molecular flexibility index (Phi) is 7.05. The molecule has 0 aliphatic heterocycles. The number of methoxy groups -OCH3 is 1. The molecule has 0 radical (unpaired) electrons. The van der Waals surface area contributed by atoms with E-state index < -0.39 is 36.3 Å². The average Bonchev–Trinajstić information content (AvgIpc) is 2.67.